The number of benzene rings is 1. The molecule has 0 unspecified atom stereocenters. The van der Waals surface area contributed by atoms with E-state index in [4.69, 9.17) is 10.8 Å². The first-order valence-corrected chi connectivity index (χ1v) is 4.30. The minimum atomic E-state index is 0.00890. The summed E-state index contributed by atoms with van der Waals surface area (Å²) in [5.41, 5.74) is 8.01. The van der Waals surface area contributed by atoms with Crippen molar-refractivity contribution >= 4 is 5.69 Å². The summed E-state index contributed by atoms with van der Waals surface area (Å²) in [4.78, 5) is 0. The third-order valence-corrected chi connectivity index (χ3v) is 1.98. The number of nitrogen functional groups attached to an aromatic ring is 1. The van der Waals surface area contributed by atoms with Gasteiger partial charge in [0.05, 0.1) is 18.5 Å². The zero-order valence-electron chi connectivity index (χ0n) is 7.59. The lowest BCUT2D eigenvalue weighted by Crippen LogP contribution is -1.94. The second-order valence-electron chi connectivity index (χ2n) is 3.04. The van der Waals surface area contributed by atoms with E-state index < -0.39 is 0 Å². The molecule has 1 heterocycles. The summed E-state index contributed by atoms with van der Waals surface area (Å²) in [7, 11) is 0. The highest BCUT2D eigenvalue weighted by molar-refractivity contribution is 5.44. The number of aromatic nitrogens is 2. The highest BCUT2D eigenvalue weighted by atomic mass is 16.3. The Morgan fingerprint density at radius 3 is 2.57 bits per heavy atom. The van der Waals surface area contributed by atoms with Crippen molar-refractivity contribution in [3.05, 3.63) is 42.2 Å². The summed E-state index contributed by atoms with van der Waals surface area (Å²) in [6, 6.07) is 7.39. The second kappa shape index (κ2) is 3.51. The molecule has 1 aromatic heterocycles. The zero-order chi connectivity index (χ0) is 9.97. The van der Waals surface area contributed by atoms with Crippen LogP contribution >= 0.6 is 0 Å². The van der Waals surface area contributed by atoms with Crippen LogP contribution in [-0.2, 0) is 6.61 Å². The van der Waals surface area contributed by atoms with Gasteiger partial charge in [-0.15, -0.1) is 0 Å². The molecule has 0 aliphatic carbocycles. The van der Waals surface area contributed by atoms with Gasteiger partial charge < -0.3 is 10.8 Å². The fraction of sp³-hybridized carbons (Fsp3) is 0.100. The van der Waals surface area contributed by atoms with Crippen molar-refractivity contribution in [1.82, 2.24) is 9.78 Å². The van der Waals surface area contributed by atoms with Gasteiger partial charge in [-0.2, -0.15) is 5.10 Å². The Hall–Kier alpha value is -1.81. The lowest BCUT2D eigenvalue weighted by atomic mass is 10.3. The maximum atomic E-state index is 8.87. The molecule has 0 aliphatic rings. The van der Waals surface area contributed by atoms with E-state index in [1.165, 1.54) is 0 Å². The summed E-state index contributed by atoms with van der Waals surface area (Å²) in [5.74, 6) is 0. The number of anilines is 1. The molecule has 0 saturated carbocycles. The Morgan fingerprint density at radius 2 is 2.00 bits per heavy atom. The van der Waals surface area contributed by atoms with Gasteiger partial charge in [0.25, 0.3) is 0 Å². The fourth-order valence-corrected chi connectivity index (χ4v) is 1.21. The molecular weight excluding hydrogens is 178 g/mol. The molecule has 14 heavy (non-hydrogen) atoms. The molecule has 0 radical (unpaired) electrons. The Morgan fingerprint density at radius 1 is 1.29 bits per heavy atom. The lowest BCUT2D eigenvalue weighted by molar-refractivity contribution is 0.282. The van der Waals surface area contributed by atoms with E-state index >= 15 is 0 Å². The molecule has 2 rings (SSSR count). The topological polar surface area (TPSA) is 64.1 Å². The van der Waals surface area contributed by atoms with Gasteiger partial charge in [-0.1, -0.05) is 0 Å². The normalized spacial score (nSPS) is 10.4. The van der Waals surface area contributed by atoms with Crippen molar-refractivity contribution in [2.75, 3.05) is 5.73 Å². The quantitative estimate of drug-likeness (QED) is 0.691. The van der Waals surface area contributed by atoms with Crippen LogP contribution in [0.3, 0.4) is 0 Å². The van der Waals surface area contributed by atoms with Crippen LogP contribution in [0.25, 0.3) is 5.69 Å². The largest absolute Gasteiger partial charge is 0.399 e. The van der Waals surface area contributed by atoms with Crippen LogP contribution in [0.5, 0.6) is 0 Å². The van der Waals surface area contributed by atoms with E-state index in [1.54, 1.807) is 17.1 Å². The molecular formula is C10H11N3O. The molecule has 0 amide bonds. The second-order valence-corrected chi connectivity index (χ2v) is 3.04. The summed E-state index contributed by atoms with van der Waals surface area (Å²) in [6.07, 6.45) is 3.42. The number of hydrogen-bond donors (Lipinski definition) is 2. The smallest absolute Gasteiger partial charge is 0.0712 e. The molecule has 3 N–H and O–H groups in total. The van der Waals surface area contributed by atoms with Crippen molar-refractivity contribution < 1.29 is 5.11 Å². The van der Waals surface area contributed by atoms with E-state index in [-0.39, 0.29) is 6.61 Å². The van der Waals surface area contributed by atoms with Crippen LogP contribution in [0.4, 0.5) is 5.69 Å². The van der Waals surface area contributed by atoms with Gasteiger partial charge in [0, 0.05) is 17.4 Å². The molecule has 4 nitrogen and oxygen atoms in total. The Kier molecular flexibility index (Phi) is 2.20. The van der Waals surface area contributed by atoms with Crippen molar-refractivity contribution in [3.8, 4) is 5.69 Å². The highest BCUT2D eigenvalue weighted by Crippen LogP contribution is 2.10. The van der Waals surface area contributed by atoms with Crippen LogP contribution in [-0.4, -0.2) is 14.9 Å². The van der Waals surface area contributed by atoms with Gasteiger partial charge in [0.1, 0.15) is 0 Å². The van der Waals surface area contributed by atoms with Gasteiger partial charge in [-0.25, -0.2) is 4.68 Å². The molecule has 0 bridgehead atoms. The monoisotopic (exact) mass is 189 g/mol. The van der Waals surface area contributed by atoms with Crippen LogP contribution in [0, 0.1) is 0 Å². The Balaban J connectivity index is 2.34. The molecule has 0 spiro atoms. The van der Waals surface area contributed by atoms with Crippen LogP contribution in [0.1, 0.15) is 5.56 Å². The molecule has 0 saturated heterocycles. The SMILES string of the molecule is Nc1ccc(-n2cc(CO)cn2)cc1. The van der Waals surface area contributed by atoms with E-state index in [0.29, 0.717) is 0 Å². The summed E-state index contributed by atoms with van der Waals surface area (Å²) in [5, 5.41) is 13.0. The summed E-state index contributed by atoms with van der Waals surface area (Å²) < 4.78 is 1.70. The van der Waals surface area contributed by atoms with Gasteiger partial charge in [-0.3, -0.25) is 0 Å². The molecule has 72 valence electrons. The highest BCUT2D eigenvalue weighted by Gasteiger charge is 1.98. The first kappa shape index (κ1) is 8.77. The third-order valence-electron chi connectivity index (χ3n) is 1.98. The number of aliphatic hydroxyl groups excluding tert-OH is 1. The standard InChI is InChI=1S/C10H11N3O/c11-9-1-3-10(4-2-9)13-6-8(7-14)5-12-13/h1-6,14H,7,11H2. The number of aliphatic hydroxyl groups is 1. The van der Waals surface area contributed by atoms with Gasteiger partial charge in [0.15, 0.2) is 0 Å². The Labute approximate surface area is 81.6 Å². The molecule has 0 aliphatic heterocycles. The fourth-order valence-electron chi connectivity index (χ4n) is 1.21. The number of hydrogen-bond acceptors (Lipinski definition) is 3. The van der Waals surface area contributed by atoms with E-state index in [2.05, 4.69) is 5.10 Å². The van der Waals surface area contributed by atoms with E-state index in [1.807, 2.05) is 24.3 Å². The van der Waals surface area contributed by atoms with Crippen LogP contribution < -0.4 is 5.73 Å². The average molecular weight is 189 g/mol. The molecule has 2 aromatic rings. The third kappa shape index (κ3) is 1.60. The van der Waals surface area contributed by atoms with Gasteiger partial charge in [0.2, 0.25) is 0 Å². The van der Waals surface area contributed by atoms with Crippen molar-refractivity contribution in [2.45, 2.75) is 6.61 Å². The predicted octanol–water partition coefficient (Wildman–Crippen LogP) is 0.947. The van der Waals surface area contributed by atoms with E-state index in [0.717, 1.165) is 16.9 Å². The maximum absolute atomic E-state index is 8.87. The Bertz CT molecular complexity index is 419. The molecule has 0 fully saturated rings. The number of nitrogens with two attached hydrogens (primary N) is 1. The molecule has 1 aromatic carbocycles. The van der Waals surface area contributed by atoms with Gasteiger partial charge >= 0.3 is 0 Å². The van der Waals surface area contributed by atoms with Crippen LogP contribution in [0.15, 0.2) is 36.7 Å². The molecule has 4 heteroatoms. The van der Waals surface area contributed by atoms with Crippen molar-refractivity contribution in [3.63, 3.8) is 0 Å². The molecule has 0 atom stereocenters. The number of rotatable bonds is 2. The van der Waals surface area contributed by atoms with Crippen molar-refractivity contribution in [1.29, 1.82) is 0 Å². The predicted molar refractivity (Wildman–Crippen MR) is 53.9 cm³/mol. The summed E-state index contributed by atoms with van der Waals surface area (Å²) in [6.45, 7) is 0.00890. The van der Waals surface area contributed by atoms with Crippen LogP contribution in [0.2, 0.25) is 0 Å². The first-order valence-electron chi connectivity index (χ1n) is 4.30. The number of nitrogens with zero attached hydrogens (tertiary/aromatic N) is 2. The minimum absolute atomic E-state index is 0.00890. The van der Waals surface area contributed by atoms with E-state index in [9.17, 15) is 0 Å². The average Bonchev–Trinajstić information content (AvgIpc) is 2.67. The van der Waals surface area contributed by atoms with Gasteiger partial charge in [-0.05, 0) is 24.3 Å². The maximum Gasteiger partial charge on any atom is 0.0712 e. The first-order chi connectivity index (χ1) is 6.79. The minimum Gasteiger partial charge on any atom is -0.399 e. The van der Waals surface area contributed by atoms with Crippen molar-refractivity contribution in [2.24, 2.45) is 0 Å². The lowest BCUT2D eigenvalue weighted by Gasteiger charge is -2.00. The zero-order valence-corrected chi connectivity index (χ0v) is 7.59. The summed E-state index contributed by atoms with van der Waals surface area (Å²) >= 11 is 0.